The Kier molecular flexibility index (Phi) is 1.84. The van der Waals surface area contributed by atoms with Crippen LogP contribution >= 0.6 is 0 Å². The number of Topliss-reactive ketones (excluding diaryl/α,β-unsaturated/α-hetero) is 1. The van der Waals surface area contributed by atoms with Crippen molar-refractivity contribution in [2.75, 3.05) is 16.8 Å². The molecule has 0 fully saturated rings. The molecule has 0 radical (unpaired) electrons. The van der Waals surface area contributed by atoms with Crippen LogP contribution in [0.1, 0.15) is 23.7 Å². The standard InChI is InChI=1S/C13H14N2O/c1-8-6-7-15-9(2)14-11-5-3-4-10(12(11)15)13(8)16/h3-5,8,14H,2,6-7H2,1H3. The number of hydrogen-bond donors (Lipinski definition) is 1. The third-order valence-electron chi connectivity index (χ3n) is 3.41. The summed E-state index contributed by atoms with van der Waals surface area (Å²) in [5.41, 5.74) is 2.85. The van der Waals surface area contributed by atoms with Crippen molar-refractivity contribution in [3.8, 4) is 0 Å². The van der Waals surface area contributed by atoms with Gasteiger partial charge in [0.25, 0.3) is 0 Å². The van der Waals surface area contributed by atoms with Crippen molar-refractivity contribution in [1.29, 1.82) is 0 Å². The predicted molar refractivity (Wildman–Crippen MR) is 64.7 cm³/mol. The van der Waals surface area contributed by atoms with Crippen LogP contribution in [0.4, 0.5) is 11.4 Å². The molecule has 1 aromatic rings. The highest BCUT2D eigenvalue weighted by Crippen LogP contribution is 2.41. The summed E-state index contributed by atoms with van der Waals surface area (Å²) in [7, 11) is 0. The van der Waals surface area contributed by atoms with E-state index in [2.05, 4.69) is 16.8 Å². The van der Waals surface area contributed by atoms with Crippen LogP contribution in [0, 0.1) is 5.92 Å². The Bertz CT molecular complexity index is 493. The van der Waals surface area contributed by atoms with Gasteiger partial charge in [-0.25, -0.2) is 0 Å². The first-order chi connectivity index (χ1) is 7.68. The van der Waals surface area contributed by atoms with Gasteiger partial charge in [-0.1, -0.05) is 19.6 Å². The number of carbonyl (C=O) groups excluding carboxylic acids is 1. The van der Waals surface area contributed by atoms with Crippen molar-refractivity contribution in [3.63, 3.8) is 0 Å². The molecule has 82 valence electrons. The van der Waals surface area contributed by atoms with E-state index in [0.29, 0.717) is 0 Å². The molecule has 2 aliphatic heterocycles. The van der Waals surface area contributed by atoms with E-state index in [-0.39, 0.29) is 11.7 Å². The number of para-hydroxylation sites is 1. The molecule has 0 bridgehead atoms. The van der Waals surface area contributed by atoms with Crippen LogP contribution in [0.15, 0.2) is 30.6 Å². The number of anilines is 2. The lowest BCUT2D eigenvalue weighted by Crippen LogP contribution is -2.21. The van der Waals surface area contributed by atoms with E-state index in [0.717, 1.165) is 35.7 Å². The SMILES string of the molecule is C=C1Nc2cccc3c2N1CCC(C)C3=O. The third kappa shape index (κ3) is 1.11. The molecule has 0 aliphatic carbocycles. The lowest BCUT2D eigenvalue weighted by Gasteiger charge is -2.17. The van der Waals surface area contributed by atoms with Gasteiger partial charge in [0.05, 0.1) is 11.4 Å². The van der Waals surface area contributed by atoms with E-state index >= 15 is 0 Å². The van der Waals surface area contributed by atoms with Gasteiger partial charge in [0.1, 0.15) is 5.82 Å². The minimum Gasteiger partial charge on any atom is -0.340 e. The molecule has 0 aromatic heterocycles. The second kappa shape index (κ2) is 3.11. The predicted octanol–water partition coefficient (Wildman–Crippen LogP) is 2.61. The molecule has 1 unspecified atom stereocenters. The number of benzene rings is 1. The Hall–Kier alpha value is -1.77. The fraction of sp³-hybridized carbons (Fsp3) is 0.308. The molecule has 0 saturated heterocycles. The van der Waals surface area contributed by atoms with E-state index in [1.165, 1.54) is 0 Å². The van der Waals surface area contributed by atoms with E-state index in [1.807, 2.05) is 25.1 Å². The smallest absolute Gasteiger partial charge is 0.167 e. The Labute approximate surface area is 94.8 Å². The van der Waals surface area contributed by atoms with E-state index < -0.39 is 0 Å². The van der Waals surface area contributed by atoms with Crippen molar-refractivity contribution in [2.24, 2.45) is 5.92 Å². The van der Waals surface area contributed by atoms with Crippen molar-refractivity contribution in [2.45, 2.75) is 13.3 Å². The van der Waals surface area contributed by atoms with Gasteiger partial charge in [0.15, 0.2) is 5.78 Å². The molecule has 1 aromatic carbocycles. The van der Waals surface area contributed by atoms with Crippen LogP contribution in [0.25, 0.3) is 0 Å². The summed E-state index contributed by atoms with van der Waals surface area (Å²) in [4.78, 5) is 14.3. The van der Waals surface area contributed by atoms with Crippen molar-refractivity contribution in [3.05, 3.63) is 36.2 Å². The molecule has 16 heavy (non-hydrogen) atoms. The number of hydrogen-bond acceptors (Lipinski definition) is 3. The number of nitrogens with one attached hydrogen (secondary N) is 1. The van der Waals surface area contributed by atoms with Crippen molar-refractivity contribution in [1.82, 2.24) is 0 Å². The highest BCUT2D eigenvalue weighted by Gasteiger charge is 2.32. The molecule has 0 amide bonds. The van der Waals surface area contributed by atoms with Gasteiger partial charge in [0, 0.05) is 18.0 Å². The summed E-state index contributed by atoms with van der Waals surface area (Å²) in [6.45, 7) is 6.86. The van der Waals surface area contributed by atoms with E-state index in [9.17, 15) is 4.79 Å². The fourth-order valence-electron chi connectivity index (χ4n) is 2.46. The first kappa shape index (κ1) is 9.46. The van der Waals surface area contributed by atoms with E-state index in [4.69, 9.17) is 0 Å². The Morgan fingerprint density at radius 2 is 2.31 bits per heavy atom. The number of ketones is 1. The molecule has 3 heteroatoms. The summed E-state index contributed by atoms with van der Waals surface area (Å²) in [5.74, 6) is 1.23. The molecule has 1 N–H and O–H groups in total. The number of rotatable bonds is 0. The molecule has 1 atom stereocenters. The zero-order valence-corrected chi connectivity index (χ0v) is 9.29. The lowest BCUT2D eigenvalue weighted by atomic mass is 9.97. The Balaban J connectivity index is 2.24. The van der Waals surface area contributed by atoms with Gasteiger partial charge < -0.3 is 10.2 Å². The summed E-state index contributed by atoms with van der Waals surface area (Å²) >= 11 is 0. The quantitative estimate of drug-likeness (QED) is 0.720. The number of carbonyl (C=O) groups is 1. The van der Waals surface area contributed by atoms with Gasteiger partial charge >= 0.3 is 0 Å². The average Bonchev–Trinajstić information content (AvgIpc) is 2.53. The van der Waals surface area contributed by atoms with Crippen molar-refractivity contribution < 1.29 is 4.79 Å². The summed E-state index contributed by atoms with van der Waals surface area (Å²) in [6.07, 6.45) is 0.883. The minimum atomic E-state index is 0.102. The molecule has 3 rings (SSSR count). The third-order valence-corrected chi connectivity index (χ3v) is 3.41. The minimum absolute atomic E-state index is 0.102. The average molecular weight is 214 g/mol. The van der Waals surface area contributed by atoms with Gasteiger partial charge in [0.2, 0.25) is 0 Å². The van der Waals surface area contributed by atoms with E-state index in [1.54, 1.807) is 0 Å². The second-order valence-electron chi connectivity index (χ2n) is 4.48. The van der Waals surface area contributed by atoms with Gasteiger partial charge in [-0.05, 0) is 18.6 Å². The molecule has 0 spiro atoms. The van der Waals surface area contributed by atoms with Crippen LogP contribution in [0.3, 0.4) is 0 Å². The monoisotopic (exact) mass is 214 g/mol. The lowest BCUT2D eigenvalue weighted by molar-refractivity contribution is 0.0929. The van der Waals surface area contributed by atoms with Crippen LogP contribution in [-0.4, -0.2) is 12.3 Å². The maximum atomic E-state index is 12.2. The first-order valence-electron chi connectivity index (χ1n) is 5.59. The topological polar surface area (TPSA) is 32.3 Å². The molecule has 3 nitrogen and oxygen atoms in total. The van der Waals surface area contributed by atoms with Crippen LogP contribution in [-0.2, 0) is 0 Å². The van der Waals surface area contributed by atoms with Gasteiger partial charge in [-0.3, -0.25) is 4.79 Å². The van der Waals surface area contributed by atoms with Crippen LogP contribution < -0.4 is 10.2 Å². The molecule has 2 aliphatic rings. The van der Waals surface area contributed by atoms with Crippen LogP contribution in [0.2, 0.25) is 0 Å². The maximum absolute atomic E-state index is 12.2. The Morgan fingerprint density at radius 3 is 3.12 bits per heavy atom. The molecule has 2 heterocycles. The summed E-state index contributed by atoms with van der Waals surface area (Å²) in [5, 5.41) is 3.22. The zero-order chi connectivity index (χ0) is 11.3. The highest BCUT2D eigenvalue weighted by molar-refractivity contribution is 6.07. The highest BCUT2D eigenvalue weighted by atomic mass is 16.1. The molecule has 0 saturated carbocycles. The number of nitrogens with zero attached hydrogens (tertiary/aromatic N) is 1. The van der Waals surface area contributed by atoms with Crippen LogP contribution in [0.5, 0.6) is 0 Å². The fourth-order valence-corrected chi connectivity index (χ4v) is 2.46. The van der Waals surface area contributed by atoms with Gasteiger partial charge in [-0.15, -0.1) is 0 Å². The maximum Gasteiger partial charge on any atom is 0.167 e. The summed E-state index contributed by atoms with van der Waals surface area (Å²) < 4.78 is 0. The normalized spacial score (nSPS) is 22.8. The zero-order valence-electron chi connectivity index (χ0n) is 9.29. The Morgan fingerprint density at radius 1 is 1.50 bits per heavy atom. The molecular weight excluding hydrogens is 200 g/mol. The largest absolute Gasteiger partial charge is 0.340 e. The van der Waals surface area contributed by atoms with Crippen molar-refractivity contribution >= 4 is 17.2 Å². The summed E-state index contributed by atoms with van der Waals surface area (Å²) in [6, 6.07) is 5.83. The second-order valence-corrected chi connectivity index (χ2v) is 4.48. The molecular formula is C13H14N2O. The first-order valence-corrected chi connectivity index (χ1v) is 5.59. The van der Waals surface area contributed by atoms with Gasteiger partial charge in [-0.2, -0.15) is 0 Å².